The van der Waals surface area contributed by atoms with Crippen LogP contribution in [-0.2, 0) is 11.3 Å². The molecule has 9 heteroatoms. The van der Waals surface area contributed by atoms with Crippen LogP contribution in [0.4, 0.5) is 17.7 Å². The molecule has 0 atom stereocenters. The zero-order valence-corrected chi connectivity index (χ0v) is 22.1. The van der Waals surface area contributed by atoms with Crippen LogP contribution in [0.25, 0.3) is 11.1 Å². The molecule has 1 saturated heterocycles. The van der Waals surface area contributed by atoms with E-state index in [1.165, 1.54) is 35.2 Å². The van der Waals surface area contributed by atoms with Crippen molar-refractivity contribution in [1.82, 2.24) is 9.80 Å². The van der Waals surface area contributed by atoms with Gasteiger partial charge in [0, 0.05) is 42.2 Å². The summed E-state index contributed by atoms with van der Waals surface area (Å²) in [6.45, 7) is -0.706. The molecule has 1 aliphatic carbocycles. The molecule has 1 fully saturated rings. The Labute approximate surface area is 222 Å². The van der Waals surface area contributed by atoms with Crippen LogP contribution in [0.2, 0.25) is 0 Å². The Kier molecular flexibility index (Phi) is 7.04. The van der Waals surface area contributed by atoms with Crippen LogP contribution in [0, 0.1) is 10.5 Å². The lowest BCUT2D eigenvalue weighted by molar-refractivity contribution is 0.0728. The quantitative estimate of drug-likeness (QED) is 0.276. The van der Waals surface area contributed by atoms with Gasteiger partial charge in [-0.1, -0.05) is 60.2 Å². The third kappa shape index (κ3) is 5.00. The van der Waals surface area contributed by atoms with E-state index in [-0.39, 0.29) is 24.2 Å². The first-order valence-electron chi connectivity index (χ1n) is 12.0. The molecule has 188 valence electrons. The van der Waals surface area contributed by atoms with E-state index in [1.807, 2.05) is 52.9 Å². The molecule has 4 nitrogen and oxygen atoms in total. The molecule has 0 spiro atoms. The summed E-state index contributed by atoms with van der Waals surface area (Å²) in [5.74, 6) is 0.0103. The SMILES string of the molecule is Cc1c(I)cc(CN2CCN(C(=O)OCC3c4ccccc4-c4ccccc43)CC2)cc1[B-](F)(F)F. The minimum atomic E-state index is -5.06. The standard InChI is InChI=1S/C27H26BF3IN2O2/c1-18-25(28(29,30)31)14-19(15-26(18)32)16-33-10-12-34(13-11-33)27(35)36-17-24-22-8-4-2-6-20(22)21-7-3-5-9-23(21)24/h2-9,14-15,24H,10-13,16-17H2,1H3/q-1. The number of amides is 1. The first-order chi connectivity index (χ1) is 17.2. The van der Waals surface area contributed by atoms with E-state index in [2.05, 4.69) is 29.2 Å². The Morgan fingerprint density at radius 1 is 0.972 bits per heavy atom. The van der Waals surface area contributed by atoms with E-state index in [0.29, 0.717) is 41.9 Å². The van der Waals surface area contributed by atoms with E-state index in [0.717, 1.165) is 0 Å². The number of halogens is 4. The van der Waals surface area contributed by atoms with Crippen molar-refractivity contribution in [2.24, 2.45) is 0 Å². The van der Waals surface area contributed by atoms with Crippen molar-refractivity contribution in [3.63, 3.8) is 0 Å². The van der Waals surface area contributed by atoms with Gasteiger partial charge in [0.05, 0.1) is 0 Å². The summed E-state index contributed by atoms with van der Waals surface area (Å²) in [6, 6.07) is 19.5. The fraction of sp³-hybridized carbons (Fsp3) is 0.296. The number of ether oxygens (including phenoxy) is 1. The van der Waals surface area contributed by atoms with Crippen molar-refractivity contribution in [2.45, 2.75) is 19.4 Å². The summed E-state index contributed by atoms with van der Waals surface area (Å²) in [5, 5.41) is 0. The number of fused-ring (bicyclic) bond motifs is 3. The smallest absolute Gasteiger partial charge is 0.448 e. The lowest BCUT2D eigenvalue weighted by atomic mass is 9.76. The number of rotatable bonds is 5. The van der Waals surface area contributed by atoms with Gasteiger partial charge in [0.15, 0.2) is 0 Å². The van der Waals surface area contributed by atoms with E-state index < -0.39 is 12.4 Å². The number of hydrogen-bond donors (Lipinski definition) is 0. The first kappa shape index (κ1) is 25.1. The molecule has 1 heterocycles. The van der Waals surface area contributed by atoms with Gasteiger partial charge in [-0.15, -0.1) is 5.46 Å². The van der Waals surface area contributed by atoms with Gasteiger partial charge in [0.25, 0.3) is 0 Å². The van der Waals surface area contributed by atoms with E-state index in [4.69, 9.17) is 4.74 Å². The predicted octanol–water partition coefficient (Wildman–Crippen LogP) is 5.72. The maximum absolute atomic E-state index is 13.5. The highest BCUT2D eigenvalue weighted by Gasteiger charge is 2.31. The van der Waals surface area contributed by atoms with Crippen LogP contribution >= 0.6 is 22.6 Å². The second-order valence-corrected chi connectivity index (χ2v) is 10.6. The van der Waals surface area contributed by atoms with E-state index in [9.17, 15) is 17.7 Å². The Morgan fingerprint density at radius 3 is 2.14 bits per heavy atom. The topological polar surface area (TPSA) is 32.8 Å². The van der Waals surface area contributed by atoms with Crippen LogP contribution in [0.3, 0.4) is 0 Å². The zero-order chi connectivity index (χ0) is 25.4. The molecular formula is C27H26BF3IN2O2-. The number of carbonyl (C=O) groups is 1. The number of carbonyl (C=O) groups excluding carboxylic acids is 1. The number of nitrogens with zero attached hydrogens (tertiary/aromatic N) is 2. The van der Waals surface area contributed by atoms with Gasteiger partial charge in [0.1, 0.15) is 6.61 Å². The first-order valence-corrected chi connectivity index (χ1v) is 13.1. The number of benzene rings is 3. The van der Waals surface area contributed by atoms with Gasteiger partial charge in [-0.25, -0.2) is 4.79 Å². The Balaban J connectivity index is 1.18. The van der Waals surface area contributed by atoms with Gasteiger partial charge in [-0.2, -0.15) is 0 Å². The molecule has 0 radical (unpaired) electrons. The van der Waals surface area contributed by atoms with Gasteiger partial charge in [0.2, 0.25) is 0 Å². The number of piperazine rings is 1. The maximum Gasteiger partial charge on any atom is 0.509 e. The molecule has 36 heavy (non-hydrogen) atoms. The Hall–Kier alpha value is -2.53. The molecule has 1 aliphatic heterocycles. The van der Waals surface area contributed by atoms with Gasteiger partial charge in [-0.3, -0.25) is 4.90 Å². The molecule has 3 aromatic carbocycles. The zero-order valence-electron chi connectivity index (χ0n) is 19.9. The van der Waals surface area contributed by atoms with E-state index in [1.54, 1.807) is 4.90 Å². The molecule has 0 saturated carbocycles. The molecule has 0 aromatic heterocycles. The van der Waals surface area contributed by atoms with Crippen LogP contribution in [0.15, 0.2) is 60.7 Å². The monoisotopic (exact) mass is 605 g/mol. The lowest BCUT2D eigenvalue weighted by Crippen LogP contribution is -2.48. The van der Waals surface area contributed by atoms with Crippen LogP contribution in [-0.4, -0.2) is 55.7 Å². The molecule has 5 rings (SSSR count). The van der Waals surface area contributed by atoms with E-state index >= 15 is 0 Å². The molecule has 3 aromatic rings. The van der Waals surface area contributed by atoms with Crippen molar-refractivity contribution in [1.29, 1.82) is 0 Å². The van der Waals surface area contributed by atoms with Crippen LogP contribution in [0.1, 0.15) is 28.2 Å². The average Bonchev–Trinajstić information content (AvgIpc) is 3.18. The summed E-state index contributed by atoms with van der Waals surface area (Å²) in [7, 11) is 0. The maximum atomic E-state index is 13.5. The summed E-state index contributed by atoms with van der Waals surface area (Å²) in [5.41, 5.74) is 5.12. The molecule has 0 bridgehead atoms. The number of hydrogen-bond acceptors (Lipinski definition) is 3. The largest absolute Gasteiger partial charge is 0.509 e. The summed E-state index contributed by atoms with van der Waals surface area (Å²) < 4.78 is 46.8. The van der Waals surface area contributed by atoms with Crippen molar-refractivity contribution < 1.29 is 22.5 Å². The van der Waals surface area contributed by atoms with Gasteiger partial charge >= 0.3 is 13.1 Å². The lowest BCUT2D eigenvalue weighted by Gasteiger charge is -2.34. The second kappa shape index (κ2) is 10.1. The summed E-state index contributed by atoms with van der Waals surface area (Å²) in [6.07, 6.45) is -0.344. The van der Waals surface area contributed by atoms with Crippen molar-refractivity contribution in [3.05, 3.63) is 86.5 Å². The predicted molar refractivity (Wildman–Crippen MR) is 145 cm³/mol. The van der Waals surface area contributed by atoms with Crippen LogP contribution in [0.5, 0.6) is 0 Å². The normalized spacial score (nSPS) is 16.1. The Bertz CT molecular complexity index is 1250. The van der Waals surface area contributed by atoms with Crippen molar-refractivity contribution >= 4 is 41.1 Å². The second-order valence-electron chi connectivity index (χ2n) is 9.43. The summed E-state index contributed by atoms with van der Waals surface area (Å²) in [4.78, 5) is 16.6. The van der Waals surface area contributed by atoms with Crippen LogP contribution < -0.4 is 5.46 Å². The third-order valence-corrected chi connectivity index (χ3v) is 8.29. The third-order valence-electron chi connectivity index (χ3n) is 7.17. The minimum Gasteiger partial charge on any atom is -0.448 e. The molecule has 0 unspecified atom stereocenters. The summed E-state index contributed by atoms with van der Waals surface area (Å²) >= 11 is 1.97. The fourth-order valence-electron chi connectivity index (χ4n) is 5.22. The highest BCUT2D eigenvalue weighted by molar-refractivity contribution is 14.1. The Morgan fingerprint density at radius 2 is 1.56 bits per heavy atom. The van der Waals surface area contributed by atoms with Crippen molar-refractivity contribution in [2.75, 3.05) is 32.8 Å². The van der Waals surface area contributed by atoms with Crippen molar-refractivity contribution in [3.8, 4) is 11.1 Å². The fourth-order valence-corrected chi connectivity index (χ4v) is 5.93. The van der Waals surface area contributed by atoms with Gasteiger partial charge < -0.3 is 22.6 Å². The van der Waals surface area contributed by atoms with Gasteiger partial charge in [-0.05, 0) is 63.4 Å². The minimum absolute atomic E-state index is 0.0103. The highest BCUT2D eigenvalue weighted by atomic mass is 127. The molecule has 2 aliphatic rings. The molecule has 0 N–H and O–H groups in total. The molecule has 1 amide bonds. The molecular weight excluding hydrogens is 579 g/mol. The average molecular weight is 605 g/mol. The highest BCUT2D eigenvalue weighted by Crippen LogP contribution is 2.44.